The van der Waals surface area contributed by atoms with Crippen LogP contribution in [0.2, 0.25) is 0 Å². The molecule has 2 heterocycles. The lowest BCUT2D eigenvalue weighted by atomic mass is 9.89. The standard InChI is InChI=1S/C14H26N2O3/c1-11-4-7-16(10-12(11)2)13(17)15-6-5-14(3)18-8-9-19-14/h11-12H,4-10H2,1-3H3,(H,15,17)/t11-,12+/m0/s1. The Kier molecular flexibility index (Phi) is 4.68. The topological polar surface area (TPSA) is 50.8 Å². The number of likely N-dealkylation sites (tertiary alicyclic amines) is 1. The Labute approximate surface area is 115 Å². The Morgan fingerprint density at radius 3 is 2.63 bits per heavy atom. The van der Waals surface area contributed by atoms with E-state index in [9.17, 15) is 4.79 Å². The Morgan fingerprint density at radius 1 is 1.32 bits per heavy atom. The zero-order chi connectivity index (χ0) is 13.9. The van der Waals surface area contributed by atoms with Crippen molar-refractivity contribution in [3.63, 3.8) is 0 Å². The highest BCUT2D eigenvalue weighted by molar-refractivity contribution is 5.74. The number of rotatable bonds is 3. The zero-order valence-corrected chi connectivity index (χ0v) is 12.3. The molecule has 2 rings (SSSR count). The summed E-state index contributed by atoms with van der Waals surface area (Å²) >= 11 is 0. The van der Waals surface area contributed by atoms with E-state index in [-0.39, 0.29) is 6.03 Å². The number of nitrogens with one attached hydrogen (secondary N) is 1. The summed E-state index contributed by atoms with van der Waals surface area (Å²) in [5.41, 5.74) is 0. The summed E-state index contributed by atoms with van der Waals surface area (Å²) in [4.78, 5) is 14.0. The summed E-state index contributed by atoms with van der Waals surface area (Å²) in [6, 6.07) is 0.0420. The molecule has 0 aromatic carbocycles. The summed E-state index contributed by atoms with van der Waals surface area (Å²) in [5, 5.41) is 2.97. The van der Waals surface area contributed by atoms with Crippen molar-refractivity contribution in [2.45, 2.75) is 39.4 Å². The molecule has 0 aromatic rings. The Morgan fingerprint density at radius 2 is 2.00 bits per heavy atom. The largest absolute Gasteiger partial charge is 0.348 e. The molecular weight excluding hydrogens is 244 g/mol. The summed E-state index contributed by atoms with van der Waals surface area (Å²) in [7, 11) is 0. The van der Waals surface area contributed by atoms with Gasteiger partial charge < -0.3 is 19.7 Å². The summed E-state index contributed by atoms with van der Waals surface area (Å²) in [6.07, 6.45) is 1.79. The molecule has 2 aliphatic rings. The minimum atomic E-state index is -0.517. The number of urea groups is 1. The number of carbonyl (C=O) groups excluding carboxylic acids is 1. The maximum atomic E-state index is 12.1. The highest BCUT2D eigenvalue weighted by Gasteiger charge is 2.31. The first-order chi connectivity index (χ1) is 9.00. The van der Waals surface area contributed by atoms with Crippen molar-refractivity contribution in [2.75, 3.05) is 32.8 Å². The third kappa shape index (κ3) is 3.83. The smallest absolute Gasteiger partial charge is 0.317 e. The van der Waals surface area contributed by atoms with Gasteiger partial charge in [0.15, 0.2) is 5.79 Å². The van der Waals surface area contributed by atoms with Crippen LogP contribution in [-0.4, -0.2) is 49.6 Å². The van der Waals surface area contributed by atoms with Crippen LogP contribution in [0.5, 0.6) is 0 Å². The van der Waals surface area contributed by atoms with Crippen LogP contribution in [0.15, 0.2) is 0 Å². The summed E-state index contributed by atoms with van der Waals surface area (Å²) < 4.78 is 11.0. The van der Waals surface area contributed by atoms with Gasteiger partial charge in [-0.15, -0.1) is 0 Å². The van der Waals surface area contributed by atoms with Crippen LogP contribution in [0.4, 0.5) is 4.79 Å². The number of ether oxygens (including phenoxy) is 2. The summed E-state index contributed by atoms with van der Waals surface area (Å²) in [6.45, 7) is 10.0. The van der Waals surface area contributed by atoms with Gasteiger partial charge in [-0.3, -0.25) is 0 Å². The van der Waals surface area contributed by atoms with E-state index in [1.165, 1.54) is 0 Å². The van der Waals surface area contributed by atoms with Crippen molar-refractivity contribution in [3.05, 3.63) is 0 Å². The molecule has 0 bridgehead atoms. The van der Waals surface area contributed by atoms with Gasteiger partial charge in [0.05, 0.1) is 13.2 Å². The number of amides is 2. The third-order valence-corrected chi connectivity index (χ3v) is 4.37. The molecular formula is C14H26N2O3. The monoisotopic (exact) mass is 270 g/mol. The van der Waals surface area contributed by atoms with Crippen molar-refractivity contribution < 1.29 is 14.3 Å². The summed E-state index contributed by atoms with van der Waals surface area (Å²) in [5.74, 6) is 0.776. The van der Waals surface area contributed by atoms with Crippen LogP contribution in [0, 0.1) is 11.8 Å². The van der Waals surface area contributed by atoms with Crippen molar-refractivity contribution in [1.29, 1.82) is 0 Å². The van der Waals surface area contributed by atoms with Gasteiger partial charge in [0, 0.05) is 26.1 Å². The van der Waals surface area contributed by atoms with E-state index in [1.54, 1.807) is 0 Å². The van der Waals surface area contributed by atoms with Gasteiger partial charge in [-0.25, -0.2) is 4.79 Å². The predicted octanol–water partition coefficient (Wildman–Crippen LogP) is 1.83. The quantitative estimate of drug-likeness (QED) is 0.851. The van der Waals surface area contributed by atoms with Crippen LogP contribution >= 0.6 is 0 Å². The molecule has 0 aliphatic carbocycles. The highest BCUT2D eigenvalue weighted by atomic mass is 16.7. The number of nitrogens with zero attached hydrogens (tertiary/aromatic N) is 1. The van der Waals surface area contributed by atoms with Gasteiger partial charge in [0.2, 0.25) is 0 Å². The van der Waals surface area contributed by atoms with Gasteiger partial charge in [0.25, 0.3) is 0 Å². The Bertz CT molecular complexity index is 316. The van der Waals surface area contributed by atoms with Crippen LogP contribution in [0.3, 0.4) is 0 Å². The molecule has 0 unspecified atom stereocenters. The predicted molar refractivity (Wildman–Crippen MR) is 72.8 cm³/mol. The van der Waals surface area contributed by atoms with Crippen molar-refractivity contribution in [2.24, 2.45) is 11.8 Å². The zero-order valence-electron chi connectivity index (χ0n) is 12.3. The van der Waals surface area contributed by atoms with E-state index in [1.807, 2.05) is 11.8 Å². The highest BCUT2D eigenvalue weighted by Crippen LogP contribution is 2.23. The second-order valence-electron chi connectivity index (χ2n) is 6.00. The van der Waals surface area contributed by atoms with E-state index in [0.717, 1.165) is 19.5 Å². The normalized spacial score (nSPS) is 30.4. The first-order valence-electron chi connectivity index (χ1n) is 7.31. The van der Waals surface area contributed by atoms with Gasteiger partial charge in [-0.2, -0.15) is 0 Å². The molecule has 0 radical (unpaired) electrons. The Hall–Kier alpha value is -0.810. The molecule has 2 aliphatic heterocycles. The molecule has 19 heavy (non-hydrogen) atoms. The van der Waals surface area contributed by atoms with E-state index in [2.05, 4.69) is 19.2 Å². The lowest BCUT2D eigenvalue weighted by molar-refractivity contribution is -0.145. The maximum absolute atomic E-state index is 12.1. The van der Waals surface area contributed by atoms with E-state index < -0.39 is 5.79 Å². The van der Waals surface area contributed by atoms with Gasteiger partial charge in [0.1, 0.15) is 0 Å². The SMILES string of the molecule is C[C@@H]1CN(C(=O)NCCC2(C)OCCO2)CC[C@@H]1C. The van der Waals surface area contributed by atoms with Crippen molar-refractivity contribution >= 4 is 6.03 Å². The van der Waals surface area contributed by atoms with Crippen LogP contribution < -0.4 is 5.32 Å². The molecule has 5 nitrogen and oxygen atoms in total. The van der Waals surface area contributed by atoms with Gasteiger partial charge in [-0.1, -0.05) is 13.8 Å². The minimum absolute atomic E-state index is 0.0420. The average Bonchev–Trinajstić information content (AvgIpc) is 2.79. The lowest BCUT2D eigenvalue weighted by Gasteiger charge is -2.35. The molecule has 5 heteroatoms. The second kappa shape index (κ2) is 6.09. The third-order valence-electron chi connectivity index (χ3n) is 4.37. The molecule has 1 N–H and O–H groups in total. The molecule has 2 atom stereocenters. The molecule has 0 saturated carbocycles. The van der Waals surface area contributed by atoms with Crippen LogP contribution in [-0.2, 0) is 9.47 Å². The number of hydrogen-bond donors (Lipinski definition) is 1. The van der Waals surface area contributed by atoms with E-state index >= 15 is 0 Å². The first-order valence-corrected chi connectivity index (χ1v) is 7.31. The lowest BCUT2D eigenvalue weighted by Crippen LogP contribution is -2.48. The fraction of sp³-hybridized carbons (Fsp3) is 0.929. The molecule has 110 valence electrons. The molecule has 0 spiro atoms. The molecule has 2 amide bonds. The number of hydrogen-bond acceptors (Lipinski definition) is 3. The fourth-order valence-corrected chi connectivity index (χ4v) is 2.66. The molecule has 0 aromatic heterocycles. The van der Waals surface area contributed by atoms with Crippen molar-refractivity contribution in [3.8, 4) is 0 Å². The fourth-order valence-electron chi connectivity index (χ4n) is 2.66. The maximum Gasteiger partial charge on any atom is 0.317 e. The first kappa shape index (κ1) is 14.6. The van der Waals surface area contributed by atoms with Crippen molar-refractivity contribution in [1.82, 2.24) is 10.2 Å². The van der Waals surface area contributed by atoms with E-state index in [4.69, 9.17) is 9.47 Å². The molecule has 2 saturated heterocycles. The second-order valence-corrected chi connectivity index (χ2v) is 6.00. The van der Waals surface area contributed by atoms with E-state index in [0.29, 0.717) is 38.0 Å². The Balaban J connectivity index is 1.69. The molecule has 2 fully saturated rings. The number of piperidine rings is 1. The number of carbonyl (C=O) groups is 1. The average molecular weight is 270 g/mol. The minimum Gasteiger partial charge on any atom is -0.348 e. The van der Waals surface area contributed by atoms with Gasteiger partial charge >= 0.3 is 6.03 Å². The van der Waals surface area contributed by atoms with Crippen LogP contribution in [0.25, 0.3) is 0 Å². The van der Waals surface area contributed by atoms with Gasteiger partial charge in [-0.05, 0) is 25.2 Å². The van der Waals surface area contributed by atoms with Crippen LogP contribution in [0.1, 0.15) is 33.6 Å².